The second-order valence-electron chi connectivity index (χ2n) is 14.7. The molecule has 1 amide bonds. The van der Waals surface area contributed by atoms with Crippen LogP contribution in [0.25, 0.3) is 0 Å². The molecule has 8 heteroatoms. The quantitative estimate of drug-likeness (QED) is 0.377. The van der Waals surface area contributed by atoms with E-state index in [1.54, 1.807) is 18.2 Å². The number of aliphatic carboxylic acids is 1. The molecule has 0 spiro atoms. The topological polar surface area (TPSA) is 95.0 Å². The molecule has 8 nitrogen and oxygen atoms in total. The molecule has 0 bridgehead atoms. The summed E-state index contributed by atoms with van der Waals surface area (Å²) in [6, 6.07) is 8.35. The number of ether oxygens (including phenoxy) is 1. The van der Waals surface area contributed by atoms with Crippen LogP contribution in [0.4, 0.5) is 5.82 Å². The SMILES string of the molecule is COc1ccc(C(C)(C)C)cc1CN[C@H]1[C@H](C(C)(C)C)[C@@H](C(=O)O)N(C(=O)C2CCCCC2)[C@H]1c1cccnc1N(C)C. The Kier molecular flexibility index (Phi) is 9.79. The first-order chi connectivity index (χ1) is 20.2. The van der Waals surface area contributed by atoms with E-state index >= 15 is 0 Å². The van der Waals surface area contributed by atoms with Crippen LogP contribution < -0.4 is 15.0 Å². The third-order valence-corrected chi connectivity index (χ3v) is 9.36. The smallest absolute Gasteiger partial charge is 0.326 e. The first-order valence-corrected chi connectivity index (χ1v) is 15.7. The highest BCUT2D eigenvalue weighted by molar-refractivity contribution is 5.87. The summed E-state index contributed by atoms with van der Waals surface area (Å²) in [5.41, 5.74) is 2.60. The molecule has 2 N–H and O–H groups in total. The van der Waals surface area contributed by atoms with Gasteiger partial charge >= 0.3 is 5.97 Å². The van der Waals surface area contributed by atoms with Crippen molar-refractivity contribution in [3.63, 3.8) is 0 Å². The van der Waals surface area contributed by atoms with Crippen molar-refractivity contribution in [2.75, 3.05) is 26.1 Å². The van der Waals surface area contributed by atoms with Crippen LogP contribution in [0.2, 0.25) is 0 Å². The van der Waals surface area contributed by atoms with Crippen LogP contribution in [0, 0.1) is 17.3 Å². The highest BCUT2D eigenvalue weighted by Crippen LogP contribution is 2.50. The number of aromatic nitrogens is 1. The van der Waals surface area contributed by atoms with Gasteiger partial charge in [-0.1, -0.05) is 79.0 Å². The lowest BCUT2D eigenvalue weighted by Gasteiger charge is -2.36. The van der Waals surface area contributed by atoms with E-state index in [4.69, 9.17) is 9.72 Å². The molecule has 1 aromatic carbocycles. The van der Waals surface area contributed by atoms with E-state index in [2.05, 4.69) is 59.0 Å². The van der Waals surface area contributed by atoms with E-state index in [9.17, 15) is 14.7 Å². The van der Waals surface area contributed by atoms with E-state index in [-0.39, 0.29) is 29.2 Å². The number of carbonyl (C=O) groups is 2. The summed E-state index contributed by atoms with van der Waals surface area (Å²) in [6.07, 6.45) is 6.47. The monoisotopic (exact) mass is 592 g/mol. The second kappa shape index (κ2) is 12.8. The molecule has 1 aliphatic heterocycles. The normalized spacial score (nSPS) is 23.3. The molecule has 2 aliphatic rings. The number of nitrogens with zero attached hydrogens (tertiary/aromatic N) is 3. The average Bonchev–Trinajstić information content (AvgIpc) is 3.31. The Labute approximate surface area is 258 Å². The zero-order chi connectivity index (χ0) is 31.7. The predicted octanol–water partition coefficient (Wildman–Crippen LogP) is 6.19. The molecule has 2 aromatic rings. The molecule has 4 rings (SSSR count). The van der Waals surface area contributed by atoms with Crippen molar-refractivity contribution in [3.8, 4) is 5.75 Å². The molecule has 0 radical (unpaired) electrons. The fourth-order valence-corrected chi connectivity index (χ4v) is 7.24. The van der Waals surface area contributed by atoms with Crippen molar-refractivity contribution in [1.82, 2.24) is 15.2 Å². The van der Waals surface area contributed by atoms with Crippen LogP contribution in [0.5, 0.6) is 5.75 Å². The lowest BCUT2D eigenvalue weighted by molar-refractivity contribution is -0.154. The minimum absolute atomic E-state index is 0.0429. The molecule has 0 unspecified atom stereocenters. The van der Waals surface area contributed by atoms with Gasteiger partial charge in [0.2, 0.25) is 5.91 Å². The molecule has 1 saturated heterocycles. The van der Waals surface area contributed by atoms with Gasteiger partial charge in [0.25, 0.3) is 0 Å². The number of amides is 1. The highest BCUT2D eigenvalue weighted by Gasteiger charge is 2.59. The zero-order valence-electron chi connectivity index (χ0n) is 27.6. The number of methoxy groups -OCH3 is 1. The molecule has 43 heavy (non-hydrogen) atoms. The summed E-state index contributed by atoms with van der Waals surface area (Å²) in [6.45, 7) is 13.3. The molecular formula is C35H52N4O4. The largest absolute Gasteiger partial charge is 0.496 e. The van der Waals surface area contributed by atoms with Crippen molar-refractivity contribution in [3.05, 3.63) is 53.2 Å². The maximum atomic E-state index is 14.5. The first kappa shape index (κ1) is 32.8. The Morgan fingerprint density at radius 3 is 2.30 bits per heavy atom. The number of pyridine rings is 1. The number of nitrogens with one attached hydrogen (secondary N) is 1. The molecule has 1 saturated carbocycles. The molecule has 1 aromatic heterocycles. The number of carboxylic acid groups (broad SMARTS) is 1. The molecule has 236 valence electrons. The van der Waals surface area contributed by atoms with Crippen molar-refractivity contribution in [2.24, 2.45) is 17.3 Å². The predicted molar refractivity (Wildman–Crippen MR) is 171 cm³/mol. The van der Waals surface area contributed by atoms with E-state index in [1.807, 2.05) is 37.2 Å². The van der Waals surface area contributed by atoms with Crippen LogP contribution in [-0.2, 0) is 21.5 Å². The van der Waals surface area contributed by atoms with Crippen molar-refractivity contribution in [2.45, 2.75) is 104 Å². The second-order valence-corrected chi connectivity index (χ2v) is 14.7. The Morgan fingerprint density at radius 2 is 1.74 bits per heavy atom. The van der Waals surface area contributed by atoms with Gasteiger partial charge in [-0.25, -0.2) is 9.78 Å². The van der Waals surface area contributed by atoms with Gasteiger partial charge in [-0.15, -0.1) is 0 Å². The van der Waals surface area contributed by atoms with Gasteiger partial charge in [0.1, 0.15) is 17.6 Å². The summed E-state index contributed by atoms with van der Waals surface area (Å²) >= 11 is 0. The Hall–Kier alpha value is -3.13. The standard InChI is InChI=1S/C35H52N4O4/c1-34(2,3)24-17-18-26(43-9)23(20-24)21-37-28-27(35(4,5)6)30(33(41)42)39(32(40)22-14-11-10-12-15-22)29(28)25-16-13-19-36-31(25)38(7)8/h13,16-20,22,27-30,37H,10-12,14-15,21H2,1-9H3,(H,41,42)/t27-,28-,29-,30-/m0/s1. The number of carbonyl (C=O) groups excluding carboxylic acids is 1. The van der Waals surface area contributed by atoms with Gasteiger partial charge < -0.3 is 25.0 Å². The number of benzene rings is 1. The minimum Gasteiger partial charge on any atom is -0.496 e. The summed E-state index contributed by atoms with van der Waals surface area (Å²) in [5, 5.41) is 14.7. The van der Waals surface area contributed by atoms with Gasteiger partial charge in [0.15, 0.2) is 0 Å². The summed E-state index contributed by atoms with van der Waals surface area (Å²) in [5.74, 6) is -0.0121. The van der Waals surface area contributed by atoms with Crippen molar-refractivity contribution >= 4 is 17.7 Å². The van der Waals surface area contributed by atoms with Gasteiger partial charge in [-0.3, -0.25) is 4.79 Å². The molecule has 2 fully saturated rings. The Balaban J connectivity index is 1.89. The van der Waals surface area contributed by atoms with Crippen LogP contribution in [0.1, 0.15) is 96.4 Å². The van der Waals surface area contributed by atoms with Crippen molar-refractivity contribution in [1.29, 1.82) is 0 Å². The maximum Gasteiger partial charge on any atom is 0.326 e. The number of carboxylic acids is 1. The number of anilines is 1. The van der Waals surface area contributed by atoms with Crippen LogP contribution in [-0.4, -0.2) is 60.2 Å². The van der Waals surface area contributed by atoms with Crippen LogP contribution in [0.3, 0.4) is 0 Å². The fourth-order valence-electron chi connectivity index (χ4n) is 7.24. The lowest BCUT2D eigenvalue weighted by atomic mass is 9.72. The number of hydrogen-bond donors (Lipinski definition) is 2. The van der Waals surface area contributed by atoms with E-state index < -0.39 is 23.5 Å². The zero-order valence-corrected chi connectivity index (χ0v) is 27.6. The third kappa shape index (κ3) is 6.84. The highest BCUT2D eigenvalue weighted by atomic mass is 16.5. The van der Waals surface area contributed by atoms with Crippen LogP contribution >= 0.6 is 0 Å². The Bertz CT molecular complexity index is 1290. The van der Waals surface area contributed by atoms with Crippen LogP contribution in [0.15, 0.2) is 36.5 Å². The van der Waals surface area contributed by atoms with E-state index in [0.717, 1.165) is 54.8 Å². The van der Waals surface area contributed by atoms with E-state index in [1.165, 1.54) is 5.56 Å². The summed E-state index contributed by atoms with van der Waals surface area (Å²) in [4.78, 5) is 36.2. The van der Waals surface area contributed by atoms with Gasteiger partial charge in [0, 0.05) is 55.8 Å². The summed E-state index contributed by atoms with van der Waals surface area (Å²) < 4.78 is 5.77. The summed E-state index contributed by atoms with van der Waals surface area (Å²) in [7, 11) is 5.56. The van der Waals surface area contributed by atoms with E-state index in [0.29, 0.717) is 6.54 Å². The average molecular weight is 593 g/mol. The molecule has 1 aliphatic carbocycles. The van der Waals surface area contributed by atoms with Gasteiger partial charge in [-0.05, 0) is 41.4 Å². The first-order valence-electron chi connectivity index (χ1n) is 15.7. The molecule has 2 heterocycles. The lowest BCUT2D eigenvalue weighted by Crippen LogP contribution is -2.49. The van der Waals surface area contributed by atoms with Gasteiger partial charge in [0.05, 0.1) is 13.2 Å². The van der Waals surface area contributed by atoms with Crippen molar-refractivity contribution < 1.29 is 19.4 Å². The number of rotatable bonds is 8. The van der Waals surface area contributed by atoms with Gasteiger partial charge in [-0.2, -0.15) is 0 Å². The third-order valence-electron chi connectivity index (χ3n) is 9.36. The minimum atomic E-state index is -0.977. The Morgan fingerprint density at radius 1 is 1.07 bits per heavy atom. The number of likely N-dealkylation sites (tertiary alicyclic amines) is 1. The molecular weight excluding hydrogens is 540 g/mol. The molecule has 4 atom stereocenters. The number of hydrogen-bond acceptors (Lipinski definition) is 6. The maximum absolute atomic E-state index is 14.5. The fraction of sp³-hybridized carbons (Fsp3) is 0.629.